The van der Waals surface area contributed by atoms with Gasteiger partial charge in [0.25, 0.3) is 0 Å². The standard InChI is InChI=1S/C9H9BF3.K/c11-10(12,13)9-4-2-1-3-8(9)7-5-6-7;/h1-4,7H,5-6H2;/q-1;+1. The Morgan fingerprint density at radius 1 is 1.07 bits per heavy atom. The van der Waals surface area contributed by atoms with Gasteiger partial charge in [0.15, 0.2) is 0 Å². The summed E-state index contributed by atoms with van der Waals surface area (Å²) in [5.74, 6) is 0.166. The van der Waals surface area contributed by atoms with Crippen LogP contribution in [-0.4, -0.2) is 6.98 Å². The van der Waals surface area contributed by atoms with Gasteiger partial charge in [-0.2, -0.15) is 0 Å². The van der Waals surface area contributed by atoms with Crippen molar-refractivity contribution in [3.05, 3.63) is 29.8 Å². The van der Waals surface area contributed by atoms with Crippen LogP contribution in [0.4, 0.5) is 12.9 Å². The molecule has 70 valence electrons. The number of hydrogen-bond acceptors (Lipinski definition) is 0. The Labute approximate surface area is 124 Å². The molecular formula is C9H9BF3K. The maximum atomic E-state index is 12.5. The number of rotatable bonds is 2. The molecule has 1 saturated carbocycles. The van der Waals surface area contributed by atoms with E-state index in [2.05, 4.69) is 0 Å². The van der Waals surface area contributed by atoms with Crippen LogP contribution >= 0.6 is 0 Å². The van der Waals surface area contributed by atoms with Crippen LogP contribution < -0.4 is 56.8 Å². The molecule has 0 atom stereocenters. The van der Waals surface area contributed by atoms with Gasteiger partial charge in [-0.15, -0.1) is 5.46 Å². The van der Waals surface area contributed by atoms with Crippen LogP contribution in [0.1, 0.15) is 24.3 Å². The molecule has 0 bridgehead atoms. The maximum absolute atomic E-state index is 12.5. The molecule has 0 amide bonds. The fourth-order valence-corrected chi connectivity index (χ4v) is 1.58. The van der Waals surface area contributed by atoms with E-state index < -0.39 is 12.4 Å². The Bertz CT molecular complexity index is 320. The van der Waals surface area contributed by atoms with E-state index >= 15 is 0 Å². The summed E-state index contributed by atoms with van der Waals surface area (Å²) in [6.07, 6.45) is 1.81. The van der Waals surface area contributed by atoms with Crippen molar-refractivity contribution in [1.82, 2.24) is 0 Å². The molecule has 1 aromatic carbocycles. The molecule has 0 N–H and O–H groups in total. The SMILES string of the molecule is F[B-](F)(F)c1ccccc1C1CC1.[K+]. The van der Waals surface area contributed by atoms with Gasteiger partial charge in [0.1, 0.15) is 0 Å². The molecule has 1 aliphatic carbocycles. The molecule has 0 heterocycles. The van der Waals surface area contributed by atoms with Crippen molar-refractivity contribution in [2.75, 3.05) is 0 Å². The van der Waals surface area contributed by atoms with E-state index in [-0.39, 0.29) is 57.3 Å². The van der Waals surface area contributed by atoms with E-state index in [1.807, 2.05) is 0 Å². The van der Waals surface area contributed by atoms with Crippen LogP contribution in [0.25, 0.3) is 0 Å². The first-order valence-corrected chi connectivity index (χ1v) is 4.38. The number of halogens is 3. The number of hydrogen-bond donors (Lipinski definition) is 0. The van der Waals surface area contributed by atoms with E-state index in [0.29, 0.717) is 5.56 Å². The molecule has 0 aromatic heterocycles. The first-order chi connectivity index (χ1) is 6.09. The fourth-order valence-electron chi connectivity index (χ4n) is 1.58. The molecular weight excluding hydrogens is 215 g/mol. The Hall–Kier alpha value is 0.711. The van der Waals surface area contributed by atoms with Gasteiger partial charge in [-0.3, -0.25) is 0 Å². The summed E-state index contributed by atoms with van der Waals surface area (Å²) in [5, 5.41) is 0. The molecule has 0 saturated heterocycles. The Morgan fingerprint density at radius 2 is 1.64 bits per heavy atom. The van der Waals surface area contributed by atoms with Crippen molar-refractivity contribution in [1.29, 1.82) is 0 Å². The topological polar surface area (TPSA) is 0 Å². The predicted molar refractivity (Wildman–Crippen MR) is 47.1 cm³/mol. The van der Waals surface area contributed by atoms with Crippen molar-refractivity contribution in [3.63, 3.8) is 0 Å². The molecule has 1 aliphatic rings. The molecule has 0 unspecified atom stereocenters. The van der Waals surface area contributed by atoms with Gasteiger partial charge in [0, 0.05) is 0 Å². The minimum absolute atomic E-state index is 0. The van der Waals surface area contributed by atoms with Gasteiger partial charge in [-0.05, 0) is 18.8 Å². The molecule has 0 spiro atoms. The summed E-state index contributed by atoms with van der Waals surface area (Å²) >= 11 is 0. The first kappa shape index (κ1) is 12.8. The van der Waals surface area contributed by atoms with Crippen LogP contribution in [0.2, 0.25) is 0 Å². The Kier molecular flexibility index (Phi) is 4.29. The normalized spacial score (nSPS) is 16.2. The van der Waals surface area contributed by atoms with Gasteiger partial charge in [0.2, 0.25) is 0 Å². The van der Waals surface area contributed by atoms with E-state index in [1.165, 1.54) is 12.1 Å². The monoisotopic (exact) mass is 224 g/mol. The second-order valence-electron chi connectivity index (χ2n) is 3.48. The zero-order chi connectivity index (χ0) is 9.47. The van der Waals surface area contributed by atoms with Gasteiger partial charge in [-0.25, -0.2) is 0 Å². The summed E-state index contributed by atoms with van der Waals surface area (Å²) in [6.45, 7) is -4.83. The van der Waals surface area contributed by atoms with Crippen LogP contribution in [0.3, 0.4) is 0 Å². The quantitative estimate of drug-likeness (QED) is 0.601. The zero-order valence-electron chi connectivity index (χ0n) is 8.01. The van der Waals surface area contributed by atoms with Crippen LogP contribution in [0.15, 0.2) is 24.3 Å². The fraction of sp³-hybridized carbons (Fsp3) is 0.333. The van der Waals surface area contributed by atoms with Crippen LogP contribution in [-0.2, 0) is 0 Å². The second-order valence-corrected chi connectivity index (χ2v) is 3.48. The minimum Gasteiger partial charge on any atom is -0.445 e. The van der Waals surface area contributed by atoms with Crippen molar-refractivity contribution >= 4 is 12.4 Å². The molecule has 0 radical (unpaired) electrons. The largest absolute Gasteiger partial charge is 1.00 e. The number of benzene rings is 1. The smallest absolute Gasteiger partial charge is 0.445 e. The van der Waals surface area contributed by atoms with Crippen molar-refractivity contribution in [2.24, 2.45) is 0 Å². The summed E-state index contributed by atoms with van der Waals surface area (Å²) in [7, 11) is 0. The minimum atomic E-state index is -4.83. The molecule has 1 fully saturated rings. The van der Waals surface area contributed by atoms with Gasteiger partial charge >= 0.3 is 58.4 Å². The third kappa shape index (κ3) is 2.86. The van der Waals surface area contributed by atoms with E-state index in [1.54, 1.807) is 12.1 Å². The van der Waals surface area contributed by atoms with Crippen LogP contribution in [0.5, 0.6) is 0 Å². The molecule has 0 nitrogen and oxygen atoms in total. The summed E-state index contributed by atoms with van der Waals surface area (Å²) in [4.78, 5) is 0. The third-order valence-electron chi connectivity index (χ3n) is 2.37. The third-order valence-corrected chi connectivity index (χ3v) is 2.37. The average molecular weight is 224 g/mol. The predicted octanol–water partition coefficient (Wildman–Crippen LogP) is -0.378. The second kappa shape index (κ2) is 4.70. The zero-order valence-corrected chi connectivity index (χ0v) is 11.1. The Balaban J connectivity index is 0.000000980. The van der Waals surface area contributed by atoms with E-state index in [9.17, 15) is 12.9 Å². The van der Waals surface area contributed by atoms with E-state index in [0.717, 1.165) is 12.8 Å². The summed E-state index contributed by atoms with van der Waals surface area (Å²) in [5.41, 5.74) is 0.0972. The van der Waals surface area contributed by atoms with Gasteiger partial charge < -0.3 is 12.9 Å². The molecule has 5 heteroatoms. The van der Waals surface area contributed by atoms with Crippen molar-refractivity contribution in [2.45, 2.75) is 18.8 Å². The van der Waals surface area contributed by atoms with Gasteiger partial charge in [0.05, 0.1) is 0 Å². The molecule has 2 rings (SSSR count). The summed E-state index contributed by atoms with van der Waals surface area (Å²) in [6, 6.07) is 5.92. The molecule has 0 aliphatic heterocycles. The van der Waals surface area contributed by atoms with Crippen LogP contribution in [0, 0.1) is 0 Å². The Morgan fingerprint density at radius 3 is 2.14 bits per heavy atom. The van der Waals surface area contributed by atoms with E-state index in [4.69, 9.17) is 0 Å². The summed E-state index contributed by atoms with van der Waals surface area (Å²) < 4.78 is 37.5. The maximum Gasteiger partial charge on any atom is 1.00 e. The first-order valence-electron chi connectivity index (χ1n) is 4.38. The molecule has 14 heavy (non-hydrogen) atoms. The average Bonchev–Trinajstić information content (AvgIpc) is 2.85. The van der Waals surface area contributed by atoms with Gasteiger partial charge in [-0.1, -0.05) is 29.8 Å². The molecule has 1 aromatic rings. The van der Waals surface area contributed by atoms with Crippen molar-refractivity contribution in [3.8, 4) is 0 Å². The van der Waals surface area contributed by atoms with Crippen molar-refractivity contribution < 1.29 is 64.3 Å².